The number of carboxylic acid groups (broad SMARTS) is 2. The minimum absolute atomic E-state index is 0.0434. The van der Waals surface area contributed by atoms with E-state index in [1.54, 1.807) is 19.0 Å². The van der Waals surface area contributed by atoms with E-state index < -0.39 is 11.9 Å². The van der Waals surface area contributed by atoms with Gasteiger partial charge in [-0.25, -0.2) is 14.4 Å². The lowest BCUT2D eigenvalue weighted by Crippen LogP contribution is -2.42. The van der Waals surface area contributed by atoms with Crippen LogP contribution in [0.15, 0.2) is 12.2 Å². The number of rotatable bonds is 3. The Labute approximate surface area is 118 Å². The fourth-order valence-electron chi connectivity index (χ4n) is 1.69. The predicted octanol–water partition coefficient (Wildman–Crippen LogP) is 1.30. The molecule has 1 saturated carbocycles. The number of carbonyl (C=O) groups excluding carboxylic acids is 1. The standard InChI is InChI=1S/C9H18N2O.C4H4O4/c1-11(2)9(12)10-8-6-4-3-5-7-8;5-3(6)1-2-4(7)8/h8H,3-7H2,1-2H3,(H,10,12);1-2H,(H,5,6)(H,7,8)/b;2-1-. The van der Waals surface area contributed by atoms with Crippen LogP contribution >= 0.6 is 0 Å². The maximum absolute atomic E-state index is 11.2. The highest BCUT2D eigenvalue weighted by Gasteiger charge is 2.15. The summed E-state index contributed by atoms with van der Waals surface area (Å²) in [6.07, 6.45) is 7.27. The maximum atomic E-state index is 11.2. The molecule has 0 atom stereocenters. The fraction of sp³-hybridized carbons (Fsp3) is 0.615. The summed E-state index contributed by atoms with van der Waals surface area (Å²) in [5.41, 5.74) is 0. The van der Waals surface area contributed by atoms with E-state index in [0.717, 1.165) is 12.8 Å². The number of amides is 2. The molecule has 1 rings (SSSR count). The van der Waals surface area contributed by atoms with Gasteiger partial charge in [0.2, 0.25) is 0 Å². The van der Waals surface area contributed by atoms with Crippen LogP contribution in [0.4, 0.5) is 4.79 Å². The Morgan fingerprint density at radius 3 is 1.80 bits per heavy atom. The molecule has 0 aromatic carbocycles. The van der Waals surface area contributed by atoms with Gasteiger partial charge >= 0.3 is 18.0 Å². The van der Waals surface area contributed by atoms with Crippen LogP contribution in [-0.4, -0.2) is 53.2 Å². The number of carbonyl (C=O) groups is 3. The van der Waals surface area contributed by atoms with Crippen LogP contribution < -0.4 is 5.32 Å². The summed E-state index contributed by atoms with van der Waals surface area (Å²) in [6, 6.07) is 0.468. The zero-order chi connectivity index (χ0) is 15.5. The van der Waals surface area contributed by atoms with Gasteiger partial charge in [-0.15, -0.1) is 0 Å². The van der Waals surface area contributed by atoms with E-state index in [1.807, 2.05) is 0 Å². The molecule has 0 bridgehead atoms. The number of carboxylic acids is 2. The van der Waals surface area contributed by atoms with Crippen LogP contribution in [0.1, 0.15) is 32.1 Å². The molecule has 2 amide bonds. The molecule has 7 nitrogen and oxygen atoms in total. The first kappa shape index (κ1) is 17.9. The summed E-state index contributed by atoms with van der Waals surface area (Å²) in [6.45, 7) is 0. The number of aliphatic carboxylic acids is 2. The third-order valence-corrected chi connectivity index (χ3v) is 2.71. The molecule has 3 N–H and O–H groups in total. The molecule has 1 aliphatic carbocycles. The lowest BCUT2D eigenvalue weighted by molar-refractivity contribution is -0.134. The molecule has 1 fully saturated rings. The van der Waals surface area contributed by atoms with Gasteiger partial charge in [-0.1, -0.05) is 19.3 Å². The monoisotopic (exact) mass is 286 g/mol. The molecule has 0 spiro atoms. The Morgan fingerprint density at radius 1 is 1.00 bits per heavy atom. The molecule has 0 radical (unpaired) electrons. The van der Waals surface area contributed by atoms with Crippen molar-refractivity contribution in [1.82, 2.24) is 10.2 Å². The van der Waals surface area contributed by atoms with Crippen LogP contribution in [0.3, 0.4) is 0 Å². The summed E-state index contributed by atoms with van der Waals surface area (Å²) in [5, 5.41) is 18.6. The average molecular weight is 286 g/mol. The van der Waals surface area contributed by atoms with E-state index in [-0.39, 0.29) is 6.03 Å². The number of hydrogen-bond donors (Lipinski definition) is 3. The molecule has 0 aromatic heterocycles. The first-order valence-corrected chi connectivity index (χ1v) is 6.44. The Morgan fingerprint density at radius 2 is 1.45 bits per heavy atom. The van der Waals surface area contributed by atoms with Crippen molar-refractivity contribution in [3.63, 3.8) is 0 Å². The van der Waals surface area contributed by atoms with Gasteiger partial charge in [0.1, 0.15) is 0 Å². The number of hydrogen-bond acceptors (Lipinski definition) is 3. The number of nitrogens with zero attached hydrogens (tertiary/aromatic N) is 1. The predicted molar refractivity (Wildman–Crippen MR) is 73.5 cm³/mol. The number of urea groups is 1. The van der Waals surface area contributed by atoms with Gasteiger partial charge in [0.25, 0.3) is 0 Å². The van der Waals surface area contributed by atoms with Crippen molar-refractivity contribution < 1.29 is 24.6 Å². The van der Waals surface area contributed by atoms with Crippen molar-refractivity contribution in [3.05, 3.63) is 12.2 Å². The van der Waals surface area contributed by atoms with Crippen LogP contribution in [0.25, 0.3) is 0 Å². The Hall–Kier alpha value is -2.05. The third kappa shape index (κ3) is 9.93. The zero-order valence-electron chi connectivity index (χ0n) is 11.8. The maximum Gasteiger partial charge on any atom is 0.328 e. The smallest absolute Gasteiger partial charge is 0.328 e. The summed E-state index contributed by atoms with van der Waals surface area (Å²) in [7, 11) is 3.55. The topological polar surface area (TPSA) is 107 Å². The average Bonchev–Trinajstić information content (AvgIpc) is 2.38. The van der Waals surface area contributed by atoms with Gasteiger partial charge in [-0.3, -0.25) is 0 Å². The summed E-state index contributed by atoms with van der Waals surface area (Å²) in [5.74, 6) is -2.51. The van der Waals surface area contributed by atoms with Gasteiger partial charge < -0.3 is 20.4 Å². The largest absolute Gasteiger partial charge is 0.478 e. The Kier molecular flexibility index (Phi) is 8.82. The fourth-order valence-corrected chi connectivity index (χ4v) is 1.69. The summed E-state index contributed by atoms with van der Waals surface area (Å²) in [4.78, 5) is 31.9. The van der Waals surface area contributed by atoms with Crippen molar-refractivity contribution in [2.75, 3.05) is 14.1 Å². The van der Waals surface area contributed by atoms with Gasteiger partial charge in [0.05, 0.1) is 0 Å². The first-order valence-electron chi connectivity index (χ1n) is 6.44. The molecular formula is C13H22N2O5. The molecule has 0 unspecified atom stereocenters. The second kappa shape index (κ2) is 9.82. The highest BCUT2D eigenvalue weighted by atomic mass is 16.4. The Bertz CT molecular complexity index is 344. The van der Waals surface area contributed by atoms with E-state index in [0.29, 0.717) is 18.2 Å². The normalized spacial score (nSPS) is 15.1. The molecule has 7 heteroatoms. The SMILES string of the molecule is CN(C)C(=O)NC1CCCCC1.O=C(O)/C=C\C(=O)O. The second-order valence-corrected chi connectivity index (χ2v) is 4.69. The van der Waals surface area contributed by atoms with Gasteiger partial charge in [0, 0.05) is 32.3 Å². The molecule has 114 valence electrons. The van der Waals surface area contributed by atoms with Crippen molar-refractivity contribution in [2.45, 2.75) is 38.1 Å². The highest BCUT2D eigenvalue weighted by molar-refractivity contribution is 5.89. The second-order valence-electron chi connectivity index (χ2n) is 4.69. The van der Waals surface area contributed by atoms with Crippen LogP contribution in [0, 0.1) is 0 Å². The van der Waals surface area contributed by atoms with Gasteiger partial charge in [-0.2, -0.15) is 0 Å². The zero-order valence-corrected chi connectivity index (χ0v) is 11.8. The quantitative estimate of drug-likeness (QED) is 0.678. The minimum Gasteiger partial charge on any atom is -0.478 e. The van der Waals surface area contributed by atoms with Crippen LogP contribution in [0.5, 0.6) is 0 Å². The van der Waals surface area contributed by atoms with Crippen molar-refractivity contribution in [2.24, 2.45) is 0 Å². The minimum atomic E-state index is -1.26. The van der Waals surface area contributed by atoms with E-state index in [2.05, 4.69) is 5.32 Å². The first-order chi connectivity index (χ1) is 9.32. The van der Waals surface area contributed by atoms with Gasteiger partial charge in [0.15, 0.2) is 0 Å². The van der Waals surface area contributed by atoms with Crippen molar-refractivity contribution in [1.29, 1.82) is 0 Å². The molecular weight excluding hydrogens is 264 g/mol. The third-order valence-electron chi connectivity index (χ3n) is 2.71. The molecule has 0 aromatic rings. The van der Waals surface area contributed by atoms with Crippen LogP contribution in [-0.2, 0) is 9.59 Å². The molecule has 20 heavy (non-hydrogen) atoms. The molecule has 0 heterocycles. The summed E-state index contributed by atoms with van der Waals surface area (Å²) >= 11 is 0. The number of nitrogens with one attached hydrogen (secondary N) is 1. The molecule has 0 saturated heterocycles. The van der Waals surface area contributed by atoms with Crippen molar-refractivity contribution >= 4 is 18.0 Å². The Balaban J connectivity index is 0.000000396. The highest BCUT2D eigenvalue weighted by Crippen LogP contribution is 2.17. The summed E-state index contributed by atoms with van der Waals surface area (Å²) < 4.78 is 0. The van der Waals surface area contributed by atoms with E-state index >= 15 is 0 Å². The van der Waals surface area contributed by atoms with Crippen LogP contribution in [0.2, 0.25) is 0 Å². The van der Waals surface area contributed by atoms with E-state index in [9.17, 15) is 14.4 Å². The van der Waals surface area contributed by atoms with E-state index in [1.165, 1.54) is 19.3 Å². The molecule has 1 aliphatic rings. The lowest BCUT2D eigenvalue weighted by atomic mass is 9.96. The van der Waals surface area contributed by atoms with Crippen molar-refractivity contribution in [3.8, 4) is 0 Å². The molecule has 0 aliphatic heterocycles. The van der Waals surface area contributed by atoms with E-state index in [4.69, 9.17) is 10.2 Å². The van der Waals surface area contributed by atoms with Gasteiger partial charge in [-0.05, 0) is 12.8 Å². The lowest BCUT2D eigenvalue weighted by Gasteiger charge is -2.24.